The smallest absolute Gasteiger partial charge is 0.251 e. The van der Waals surface area contributed by atoms with Crippen molar-refractivity contribution in [3.05, 3.63) is 94.5 Å². The highest BCUT2D eigenvalue weighted by Crippen LogP contribution is 2.34. The molecule has 2 bridgehead atoms. The van der Waals surface area contributed by atoms with E-state index >= 15 is 0 Å². The maximum atomic E-state index is 13.3. The number of nitrogen functional groups attached to an aromatic ring is 1. The zero-order valence-electron chi connectivity index (χ0n) is 21.8. The van der Waals surface area contributed by atoms with Crippen LogP contribution in [0.15, 0.2) is 66.7 Å². The highest BCUT2D eigenvalue weighted by Gasteiger charge is 2.37. The molecule has 0 aromatic heterocycles. The molecule has 2 aliphatic heterocycles. The van der Waals surface area contributed by atoms with Crippen molar-refractivity contribution in [2.75, 3.05) is 23.8 Å². The lowest BCUT2D eigenvalue weighted by Gasteiger charge is -2.36. The lowest BCUT2D eigenvalue weighted by atomic mass is 9.92. The number of rotatable bonds is 7. The maximum Gasteiger partial charge on any atom is 0.251 e. The standard InChI is InChI=1S/C31H36N4O2/c1-19(2)30(26-7-5-4-6-20(26)3)34-31(36)22-10-15-28(32)27(16-22)29(33)21-8-11-23(12-9-21)35-24-13-14-25(35)18-37-17-24/h4-12,15-16,19,24-25,30,33H,13-14,17-18,32H2,1-3H3,(H,34,36). The number of nitrogens with one attached hydrogen (secondary N) is 2. The molecule has 0 aliphatic carbocycles. The summed E-state index contributed by atoms with van der Waals surface area (Å²) in [5.41, 5.74) is 12.3. The molecule has 2 heterocycles. The number of hydrogen-bond acceptors (Lipinski definition) is 5. The van der Waals surface area contributed by atoms with Gasteiger partial charge in [-0.1, -0.05) is 50.2 Å². The molecule has 4 N–H and O–H groups in total. The van der Waals surface area contributed by atoms with Crippen molar-refractivity contribution in [1.82, 2.24) is 5.32 Å². The van der Waals surface area contributed by atoms with Crippen molar-refractivity contribution < 1.29 is 9.53 Å². The number of fused-ring (bicyclic) bond motifs is 2. The molecule has 2 saturated heterocycles. The number of carbonyl (C=O) groups excluding carboxylic acids is 1. The number of hydrogen-bond donors (Lipinski definition) is 3. The molecule has 2 fully saturated rings. The Bertz CT molecular complexity index is 1280. The minimum Gasteiger partial charge on any atom is -0.398 e. The van der Waals surface area contributed by atoms with Gasteiger partial charge in [-0.05, 0) is 67.1 Å². The van der Waals surface area contributed by atoms with Gasteiger partial charge in [0.2, 0.25) is 0 Å². The quantitative estimate of drug-likeness (QED) is 0.298. The molecular weight excluding hydrogens is 460 g/mol. The van der Waals surface area contributed by atoms with E-state index in [9.17, 15) is 4.79 Å². The Morgan fingerprint density at radius 1 is 1.00 bits per heavy atom. The summed E-state index contributed by atoms with van der Waals surface area (Å²) in [5, 5.41) is 12.1. The summed E-state index contributed by atoms with van der Waals surface area (Å²) in [4.78, 5) is 15.8. The highest BCUT2D eigenvalue weighted by molar-refractivity contribution is 6.15. The SMILES string of the molecule is Cc1ccccc1C(NC(=O)c1ccc(N)c(C(=N)c2ccc(N3C4CCC3COC4)cc2)c1)C(C)C. The molecule has 0 radical (unpaired) electrons. The van der Waals surface area contributed by atoms with E-state index in [4.69, 9.17) is 15.9 Å². The number of nitrogens with zero attached hydrogens (tertiary/aromatic N) is 1. The molecule has 3 aromatic rings. The Morgan fingerprint density at radius 3 is 2.30 bits per heavy atom. The molecule has 0 spiro atoms. The molecule has 5 rings (SSSR count). The molecular formula is C31H36N4O2. The first-order chi connectivity index (χ1) is 17.8. The van der Waals surface area contributed by atoms with E-state index in [0.29, 0.717) is 34.6 Å². The topological polar surface area (TPSA) is 91.4 Å². The van der Waals surface area contributed by atoms with E-state index in [-0.39, 0.29) is 17.9 Å². The summed E-state index contributed by atoms with van der Waals surface area (Å²) in [6, 6.07) is 22.2. The number of aryl methyl sites for hydroxylation is 1. The molecule has 6 heteroatoms. The van der Waals surface area contributed by atoms with Crippen LogP contribution in [-0.4, -0.2) is 36.9 Å². The first-order valence-corrected chi connectivity index (χ1v) is 13.1. The Kier molecular flexibility index (Phi) is 7.02. The predicted molar refractivity (Wildman–Crippen MR) is 150 cm³/mol. The van der Waals surface area contributed by atoms with E-state index in [1.165, 1.54) is 5.69 Å². The number of ether oxygens (including phenoxy) is 1. The zero-order chi connectivity index (χ0) is 26.1. The van der Waals surface area contributed by atoms with Crippen LogP contribution in [0.5, 0.6) is 0 Å². The first kappa shape index (κ1) is 25.0. The van der Waals surface area contributed by atoms with Crippen LogP contribution in [-0.2, 0) is 4.74 Å². The van der Waals surface area contributed by atoms with Crippen LogP contribution in [0.4, 0.5) is 11.4 Å². The average molecular weight is 497 g/mol. The minimum absolute atomic E-state index is 0.114. The molecule has 3 atom stereocenters. The van der Waals surface area contributed by atoms with Gasteiger partial charge < -0.3 is 20.7 Å². The second kappa shape index (κ2) is 10.4. The van der Waals surface area contributed by atoms with Gasteiger partial charge in [0, 0.05) is 28.1 Å². The molecule has 192 valence electrons. The predicted octanol–water partition coefficient (Wildman–Crippen LogP) is 5.49. The number of nitrogens with two attached hydrogens (primary N) is 1. The van der Waals surface area contributed by atoms with E-state index in [1.54, 1.807) is 18.2 Å². The van der Waals surface area contributed by atoms with Crippen LogP contribution >= 0.6 is 0 Å². The Balaban J connectivity index is 1.35. The third-order valence-corrected chi connectivity index (χ3v) is 7.76. The van der Waals surface area contributed by atoms with Crippen molar-refractivity contribution in [2.24, 2.45) is 5.92 Å². The number of carbonyl (C=O) groups is 1. The Labute approximate surface area is 219 Å². The molecule has 1 amide bonds. The van der Waals surface area contributed by atoms with Gasteiger partial charge in [0.25, 0.3) is 5.91 Å². The summed E-state index contributed by atoms with van der Waals surface area (Å²) >= 11 is 0. The van der Waals surface area contributed by atoms with Crippen LogP contribution in [0.25, 0.3) is 0 Å². The van der Waals surface area contributed by atoms with E-state index in [2.05, 4.69) is 55.3 Å². The Morgan fingerprint density at radius 2 is 1.65 bits per heavy atom. The summed E-state index contributed by atoms with van der Waals surface area (Å²) in [6.45, 7) is 7.83. The monoisotopic (exact) mass is 496 g/mol. The molecule has 37 heavy (non-hydrogen) atoms. The van der Waals surface area contributed by atoms with Crippen molar-refractivity contribution >= 4 is 23.0 Å². The molecule has 3 aromatic carbocycles. The van der Waals surface area contributed by atoms with Crippen molar-refractivity contribution in [2.45, 2.75) is 51.7 Å². The molecule has 2 aliphatic rings. The summed E-state index contributed by atoms with van der Waals surface area (Å²) in [5.74, 6) is 0.0472. The minimum atomic E-state index is -0.172. The average Bonchev–Trinajstić information content (AvgIpc) is 3.15. The number of morpholine rings is 1. The van der Waals surface area contributed by atoms with Crippen molar-refractivity contribution in [3.63, 3.8) is 0 Å². The normalized spacial score (nSPS) is 19.6. The number of anilines is 2. The van der Waals surface area contributed by atoms with E-state index in [0.717, 1.165) is 42.7 Å². The third kappa shape index (κ3) is 4.98. The Hall–Kier alpha value is -3.64. The van der Waals surface area contributed by atoms with E-state index < -0.39 is 0 Å². The van der Waals surface area contributed by atoms with Gasteiger partial charge in [0.15, 0.2) is 0 Å². The molecule has 6 nitrogen and oxygen atoms in total. The van der Waals surface area contributed by atoms with Crippen LogP contribution in [0.3, 0.4) is 0 Å². The highest BCUT2D eigenvalue weighted by atomic mass is 16.5. The number of benzene rings is 3. The fourth-order valence-corrected chi connectivity index (χ4v) is 5.68. The van der Waals surface area contributed by atoms with Gasteiger partial charge in [-0.3, -0.25) is 10.2 Å². The van der Waals surface area contributed by atoms with E-state index in [1.807, 2.05) is 24.3 Å². The number of amides is 1. The first-order valence-electron chi connectivity index (χ1n) is 13.1. The van der Waals surface area contributed by atoms with Gasteiger partial charge in [0.1, 0.15) is 0 Å². The van der Waals surface area contributed by atoms with Crippen LogP contribution in [0.2, 0.25) is 0 Å². The fraction of sp³-hybridized carbons (Fsp3) is 0.355. The maximum absolute atomic E-state index is 13.3. The van der Waals surface area contributed by atoms with Crippen molar-refractivity contribution in [3.8, 4) is 0 Å². The second-order valence-electron chi connectivity index (χ2n) is 10.6. The van der Waals surface area contributed by atoms with Gasteiger partial charge >= 0.3 is 0 Å². The molecule has 0 saturated carbocycles. The lowest BCUT2D eigenvalue weighted by Crippen LogP contribution is -2.45. The van der Waals surface area contributed by atoms with Crippen LogP contribution in [0.1, 0.15) is 65.3 Å². The second-order valence-corrected chi connectivity index (χ2v) is 10.6. The van der Waals surface area contributed by atoms with Gasteiger partial charge in [0.05, 0.1) is 37.1 Å². The summed E-state index contributed by atoms with van der Waals surface area (Å²) in [6.07, 6.45) is 2.32. The largest absolute Gasteiger partial charge is 0.398 e. The summed E-state index contributed by atoms with van der Waals surface area (Å²) in [7, 11) is 0. The summed E-state index contributed by atoms with van der Waals surface area (Å²) < 4.78 is 5.72. The lowest BCUT2D eigenvalue weighted by molar-refractivity contribution is 0.0906. The van der Waals surface area contributed by atoms with Gasteiger partial charge in [-0.15, -0.1) is 0 Å². The zero-order valence-corrected chi connectivity index (χ0v) is 21.8. The van der Waals surface area contributed by atoms with Gasteiger partial charge in [-0.25, -0.2) is 0 Å². The fourth-order valence-electron chi connectivity index (χ4n) is 5.68. The third-order valence-electron chi connectivity index (χ3n) is 7.76. The van der Waals surface area contributed by atoms with Crippen LogP contribution in [0, 0.1) is 18.3 Å². The van der Waals surface area contributed by atoms with Gasteiger partial charge in [-0.2, -0.15) is 0 Å². The molecule has 3 unspecified atom stereocenters. The van der Waals surface area contributed by atoms with Crippen molar-refractivity contribution in [1.29, 1.82) is 5.41 Å². The van der Waals surface area contributed by atoms with Crippen LogP contribution < -0.4 is 16.0 Å².